The minimum Gasteiger partial charge on any atom is -0.497 e. The van der Waals surface area contributed by atoms with Gasteiger partial charge in [0.1, 0.15) is 5.75 Å². The van der Waals surface area contributed by atoms with Crippen LogP contribution in [0.2, 0.25) is 0 Å². The highest BCUT2D eigenvalue weighted by Gasteiger charge is 2.43. The number of fused-ring (bicyclic) bond motifs is 1. The van der Waals surface area contributed by atoms with Gasteiger partial charge in [-0.1, -0.05) is 12.1 Å². The normalized spacial score (nSPS) is 16.5. The average molecular weight is 507 g/mol. The highest BCUT2D eigenvalue weighted by Crippen LogP contribution is 2.46. The van der Waals surface area contributed by atoms with Gasteiger partial charge in [-0.15, -0.1) is 0 Å². The number of methoxy groups -OCH3 is 5. The maximum absolute atomic E-state index is 14.0. The second-order valence-electron chi connectivity index (χ2n) is 8.47. The van der Waals surface area contributed by atoms with Gasteiger partial charge < -0.3 is 33.9 Å². The van der Waals surface area contributed by atoms with Crippen molar-refractivity contribution in [1.29, 1.82) is 0 Å². The Kier molecular flexibility index (Phi) is 7.42. The second-order valence-corrected chi connectivity index (χ2v) is 8.47. The van der Waals surface area contributed by atoms with E-state index in [4.69, 9.17) is 23.7 Å². The first kappa shape index (κ1) is 25.7. The third kappa shape index (κ3) is 4.72. The molecule has 0 spiro atoms. The van der Waals surface area contributed by atoms with Crippen LogP contribution in [-0.2, 0) is 4.79 Å². The van der Waals surface area contributed by atoms with E-state index in [1.54, 1.807) is 68.6 Å². The van der Waals surface area contributed by atoms with E-state index >= 15 is 0 Å². The van der Waals surface area contributed by atoms with Crippen molar-refractivity contribution in [2.24, 2.45) is 0 Å². The van der Waals surface area contributed by atoms with Crippen LogP contribution in [0.3, 0.4) is 0 Å². The highest BCUT2D eigenvalue weighted by molar-refractivity contribution is 6.05. The number of likely N-dealkylation sites (N-methyl/N-ethyl adjacent to an activating group) is 1. The van der Waals surface area contributed by atoms with E-state index < -0.39 is 12.0 Å². The zero-order chi connectivity index (χ0) is 26.7. The van der Waals surface area contributed by atoms with Crippen LogP contribution in [0.15, 0.2) is 54.6 Å². The number of carbonyl (C=O) groups excluding carboxylic acids is 2. The molecule has 194 valence electrons. The van der Waals surface area contributed by atoms with Crippen molar-refractivity contribution in [2.75, 3.05) is 47.9 Å². The lowest BCUT2D eigenvalue weighted by Crippen LogP contribution is -2.44. The first-order valence-corrected chi connectivity index (χ1v) is 11.6. The summed E-state index contributed by atoms with van der Waals surface area (Å²) in [5.41, 5.74) is 2.22. The predicted molar refractivity (Wildman–Crippen MR) is 138 cm³/mol. The van der Waals surface area contributed by atoms with Crippen LogP contribution in [-0.4, -0.2) is 59.3 Å². The molecule has 9 nitrogen and oxygen atoms in total. The van der Waals surface area contributed by atoms with Gasteiger partial charge in [0.25, 0.3) is 5.91 Å². The number of hydrogen-bond acceptors (Lipinski definition) is 7. The van der Waals surface area contributed by atoms with Gasteiger partial charge in [-0.25, -0.2) is 0 Å². The molecule has 0 radical (unpaired) electrons. The van der Waals surface area contributed by atoms with Gasteiger partial charge in [-0.3, -0.25) is 9.59 Å². The molecule has 1 N–H and O–H groups in total. The molecule has 0 saturated carbocycles. The van der Waals surface area contributed by atoms with Crippen molar-refractivity contribution in [3.05, 3.63) is 71.3 Å². The van der Waals surface area contributed by atoms with E-state index in [1.165, 1.54) is 21.3 Å². The summed E-state index contributed by atoms with van der Waals surface area (Å²) in [6.45, 7) is 0. The monoisotopic (exact) mass is 506 g/mol. The number of anilines is 1. The van der Waals surface area contributed by atoms with E-state index in [0.29, 0.717) is 45.6 Å². The Hall–Kier alpha value is -4.40. The van der Waals surface area contributed by atoms with Crippen molar-refractivity contribution >= 4 is 17.5 Å². The molecule has 9 heteroatoms. The fourth-order valence-corrected chi connectivity index (χ4v) is 4.68. The number of amides is 2. The molecule has 2 atom stereocenters. The Bertz CT molecular complexity index is 1310. The van der Waals surface area contributed by atoms with E-state index in [0.717, 1.165) is 5.56 Å². The number of nitrogens with one attached hydrogen (secondary N) is 1. The topological polar surface area (TPSA) is 95.6 Å². The molecular weight excluding hydrogens is 476 g/mol. The first-order valence-electron chi connectivity index (χ1n) is 11.6. The fourth-order valence-electron chi connectivity index (χ4n) is 4.68. The number of benzene rings is 3. The van der Waals surface area contributed by atoms with Gasteiger partial charge in [0.05, 0.1) is 47.5 Å². The summed E-state index contributed by atoms with van der Waals surface area (Å²) in [5.74, 6) is 1.23. The molecule has 0 bridgehead atoms. The van der Waals surface area contributed by atoms with Gasteiger partial charge in [0.2, 0.25) is 5.91 Å². The van der Waals surface area contributed by atoms with Crippen molar-refractivity contribution in [3.8, 4) is 28.7 Å². The fraction of sp³-hybridized carbons (Fsp3) is 0.286. The number of ether oxygens (including phenoxy) is 5. The lowest BCUT2D eigenvalue weighted by molar-refractivity contribution is -0.119. The zero-order valence-corrected chi connectivity index (χ0v) is 21.7. The maximum Gasteiger partial charge on any atom is 0.254 e. The summed E-state index contributed by atoms with van der Waals surface area (Å²) in [6, 6.07) is 15.2. The van der Waals surface area contributed by atoms with Gasteiger partial charge in [-0.2, -0.15) is 0 Å². The van der Waals surface area contributed by atoms with Crippen LogP contribution in [0, 0.1) is 0 Å². The number of nitrogens with zero attached hydrogens (tertiary/aromatic N) is 1. The van der Waals surface area contributed by atoms with Crippen molar-refractivity contribution in [1.82, 2.24) is 4.90 Å². The molecule has 0 aliphatic carbocycles. The molecule has 1 aliphatic rings. The van der Waals surface area contributed by atoms with Crippen LogP contribution < -0.4 is 29.0 Å². The molecule has 0 saturated heterocycles. The summed E-state index contributed by atoms with van der Waals surface area (Å²) in [6.07, 6.45) is 0. The number of hydrogen-bond donors (Lipinski definition) is 1. The molecule has 37 heavy (non-hydrogen) atoms. The summed E-state index contributed by atoms with van der Waals surface area (Å²) >= 11 is 0. The third-order valence-corrected chi connectivity index (χ3v) is 6.57. The highest BCUT2D eigenvalue weighted by atomic mass is 16.5. The molecule has 2 unspecified atom stereocenters. The smallest absolute Gasteiger partial charge is 0.254 e. The first-order chi connectivity index (χ1) is 17.9. The van der Waals surface area contributed by atoms with Crippen LogP contribution in [0.25, 0.3) is 0 Å². The van der Waals surface area contributed by atoms with Crippen LogP contribution in [0.5, 0.6) is 28.7 Å². The Labute approximate surface area is 215 Å². The lowest BCUT2D eigenvalue weighted by Gasteiger charge is -2.40. The van der Waals surface area contributed by atoms with E-state index in [1.807, 2.05) is 12.1 Å². The molecule has 2 amide bonds. The lowest BCUT2D eigenvalue weighted by atomic mass is 9.79. The molecule has 0 fully saturated rings. The van der Waals surface area contributed by atoms with Crippen LogP contribution >= 0.6 is 0 Å². The zero-order valence-electron chi connectivity index (χ0n) is 21.7. The predicted octanol–water partition coefficient (Wildman–Crippen LogP) is 4.28. The van der Waals surface area contributed by atoms with Crippen molar-refractivity contribution < 1.29 is 33.3 Å². The standard InChI is InChI=1S/C28H30N2O7/c1-30-26(16-7-10-18(33-2)11-8-16)25(19-14-23(36-5)24(37-6)15-20(19)28(30)32)27(31)29-17-9-12-21(34-3)22(13-17)35-4/h7-15,25-26H,1-6H3,(H,29,31). The van der Waals surface area contributed by atoms with Gasteiger partial charge >= 0.3 is 0 Å². The van der Waals surface area contributed by atoms with E-state index in [9.17, 15) is 9.59 Å². The Morgan fingerprint density at radius 1 is 0.757 bits per heavy atom. The van der Waals surface area contributed by atoms with Gasteiger partial charge in [0, 0.05) is 24.4 Å². The number of rotatable bonds is 8. The molecule has 4 rings (SSSR count). The molecule has 3 aromatic rings. The van der Waals surface area contributed by atoms with Crippen molar-refractivity contribution in [2.45, 2.75) is 12.0 Å². The molecule has 1 aliphatic heterocycles. The molecule has 0 aromatic heterocycles. The largest absolute Gasteiger partial charge is 0.497 e. The van der Waals surface area contributed by atoms with Gasteiger partial charge in [0.15, 0.2) is 23.0 Å². The maximum atomic E-state index is 14.0. The Morgan fingerprint density at radius 2 is 1.35 bits per heavy atom. The van der Waals surface area contributed by atoms with Crippen LogP contribution in [0.4, 0.5) is 5.69 Å². The third-order valence-electron chi connectivity index (χ3n) is 6.57. The van der Waals surface area contributed by atoms with Crippen LogP contribution in [0.1, 0.15) is 33.4 Å². The molecule has 3 aromatic carbocycles. The quantitative estimate of drug-likeness (QED) is 0.487. The second kappa shape index (κ2) is 10.7. The SMILES string of the molecule is COc1ccc(C2C(C(=O)Nc3ccc(OC)c(OC)c3)c3cc(OC)c(OC)cc3C(=O)N2C)cc1. The minimum atomic E-state index is -0.765. The summed E-state index contributed by atoms with van der Waals surface area (Å²) < 4.78 is 26.9. The average Bonchev–Trinajstić information content (AvgIpc) is 2.93. The molecular formula is C28H30N2O7. The Morgan fingerprint density at radius 3 is 1.95 bits per heavy atom. The van der Waals surface area contributed by atoms with Gasteiger partial charge in [-0.05, 0) is 47.5 Å². The summed E-state index contributed by atoms with van der Waals surface area (Å²) in [7, 11) is 9.36. The van der Waals surface area contributed by atoms with E-state index in [-0.39, 0.29) is 11.8 Å². The van der Waals surface area contributed by atoms with E-state index in [2.05, 4.69) is 5.32 Å². The number of carbonyl (C=O) groups is 2. The summed E-state index contributed by atoms with van der Waals surface area (Å²) in [4.78, 5) is 29.1. The van der Waals surface area contributed by atoms with Crippen molar-refractivity contribution in [3.63, 3.8) is 0 Å². The molecule has 1 heterocycles. The summed E-state index contributed by atoms with van der Waals surface area (Å²) in [5, 5.41) is 2.99. The minimum absolute atomic E-state index is 0.230. The Balaban J connectivity index is 1.85.